The van der Waals surface area contributed by atoms with Gasteiger partial charge in [0.05, 0.1) is 5.56 Å². The number of carbonyl (C=O) groups excluding carboxylic acids is 1. The number of aromatic hydroxyl groups is 1. The van der Waals surface area contributed by atoms with Crippen molar-refractivity contribution < 1.29 is 9.90 Å². The van der Waals surface area contributed by atoms with Gasteiger partial charge < -0.3 is 10.0 Å². The Bertz CT molecular complexity index is 602. The van der Waals surface area contributed by atoms with Crippen LogP contribution in [0.4, 0.5) is 0 Å². The van der Waals surface area contributed by atoms with Crippen molar-refractivity contribution in [2.75, 3.05) is 7.05 Å². The summed E-state index contributed by atoms with van der Waals surface area (Å²) >= 11 is 5.89. The molecule has 1 aromatic carbocycles. The molecule has 0 aliphatic rings. The van der Waals surface area contributed by atoms with Crippen LogP contribution in [-0.2, 0) is 6.54 Å². The Morgan fingerprint density at radius 1 is 1.37 bits per heavy atom. The van der Waals surface area contributed by atoms with Gasteiger partial charge in [-0.2, -0.15) is 0 Å². The van der Waals surface area contributed by atoms with E-state index in [0.29, 0.717) is 12.1 Å². The zero-order valence-electron chi connectivity index (χ0n) is 10.4. The molecule has 0 atom stereocenters. The molecular formula is C14H13ClN2O2. The minimum absolute atomic E-state index is 0.178. The maximum absolute atomic E-state index is 12.2. The van der Waals surface area contributed by atoms with Crippen LogP contribution in [0, 0.1) is 0 Å². The number of amides is 1. The van der Waals surface area contributed by atoms with Gasteiger partial charge in [-0.15, -0.1) is 0 Å². The maximum atomic E-state index is 12.2. The molecule has 0 aliphatic carbocycles. The highest BCUT2D eigenvalue weighted by atomic mass is 35.5. The number of halogens is 1. The van der Waals surface area contributed by atoms with Gasteiger partial charge in [0.25, 0.3) is 5.91 Å². The molecule has 19 heavy (non-hydrogen) atoms. The summed E-state index contributed by atoms with van der Waals surface area (Å²) in [6.45, 7) is 0.387. The summed E-state index contributed by atoms with van der Waals surface area (Å²) in [6.07, 6.45) is 1.54. The molecule has 2 rings (SSSR count). The van der Waals surface area contributed by atoms with Gasteiger partial charge in [0.15, 0.2) is 0 Å². The van der Waals surface area contributed by atoms with E-state index in [1.165, 1.54) is 11.1 Å². The van der Waals surface area contributed by atoms with Crippen molar-refractivity contribution in [3.05, 3.63) is 58.9 Å². The molecule has 1 amide bonds. The molecule has 0 bridgehead atoms. The standard InChI is InChI=1S/C14H13ClN2O2/c1-17(9-10-4-2-5-11(18)8-10)14(19)12-6-3-7-16-13(12)15/h2-8,18H,9H2,1H3. The first-order valence-corrected chi connectivity index (χ1v) is 6.09. The van der Waals surface area contributed by atoms with Gasteiger partial charge in [-0.25, -0.2) is 4.98 Å². The fourth-order valence-corrected chi connectivity index (χ4v) is 1.95. The van der Waals surface area contributed by atoms with E-state index < -0.39 is 0 Å². The van der Waals surface area contributed by atoms with Crippen LogP contribution in [0.25, 0.3) is 0 Å². The predicted molar refractivity (Wildman–Crippen MR) is 73.2 cm³/mol. The number of nitrogens with zero attached hydrogens (tertiary/aromatic N) is 2. The van der Waals surface area contributed by atoms with E-state index in [2.05, 4.69) is 4.98 Å². The van der Waals surface area contributed by atoms with Gasteiger partial charge in [0, 0.05) is 19.8 Å². The van der Waals surface area contributed by atoms with E-state index >= 15 is 0 Å². The zero-order chi connectivity index (χ0) is 13.8. The van der Waals surface area contributed by atoms with Gasteiger partial charge in [-0.1, -0.05) is 23.7 Å². The lowest BCUT2D eigenvalue weighted by molar-refractivity contribution is 0.0784. The van der Waals surface area contributed by atoms with Crippen molar-refractivity contribution in [2.45, 2.75) is 6.54 Å². The van der Waals surface area contributed by atoms with E-state index in [1.807, 2.05) is 6.07 Å². The summed E-state index contributed by atoms with van der Waals surface area (Å²) < 4.78 is 0. The highest BCUT2D eigenvalue weighted by Crippen LogP contribution is 2.16. The molecule has 98 valence electrons. The molecule has 0 unspecified atom stereocenters. The number of carbonyl (C=O) groups is 1. The third-order valence-electron chi connectivity index (χ3n) is 2.67. The van der Waals surface area contributed by atoms with Crippen LogP contribution in [0.2, 0.25) is 5.15 Å². The Morgan fingerprint density at radius 3 is 2.84 bits per heavy atom. The second kappa shape index (κ2) is 5.71. The van der Waals surface area contributed by atoms with Crippen LogP contribution in [-0.4, -0.2) is 27.9 Å². The Balaban J connectivity index is 2.14. The molecule has 4 nitrogen and oxygen atoms in total. The number of rotatable bonds is 3. The fourth-order valence-electron chi connectivity index (χ4n) is 1.75. The van der Waals surface area contributed by atoms with Gasteiger partial charge in [0.2, 0.25) is 0 Å². The predicted octanol–water partition coefficient (Wildman–Crippen LogP) is 2.71. The molecule has 0 saturated carbocycles. The molecular weight excluding hydrogens is 264 g/mol. The smallest absolute Gasteiger partial charge is 0.257 e. The number of hydrogen-bond donors (Lipinski definition) is 1. The third-order valence-corrected chi connectivity index (χ3v) is 2.97. The molecule has 0 fully saturated rings. The van der Waals surface area contributed by atoms with E-state index in [4.69, 9.17) is 11.6 Å². The second-order valence-corrected chi connectivity index (χ2v) is 4.53. The van der Waals surface area contributed by atoms with Crippen LogP contribution >= 0.6 is 11.6 Å². The molecule has 0 radical (unpaired) electrons. The van der Waals surface area contributed by atoms with Crippen molar-refractivity contribution in [2.24, 2.45) is 0 Å². The van der Waals surface area contributed by atoms with E-state index in [1.54, 1.807) is 37.4 Å². The van der Waals surface area contributed by atoms with Crippen LogP contribution < -0.4 is 0 Å². The van der Waals surface area contributed by atoms with Gasteiger partial charge in [-0.05, 0) is 29.8 Å². The maximum Gasteiger partial charge on any atom is 0.257 e. The Hall–Kier alpha value is -2.07. The zero-order valence-corrected chi connectivity index (χ0v) is 11.1. The van der Waals surface area contributed by atoms with Crippen LogP contribution in [0.3, 0.4) is 0 Å². The quantitative estimate of drug-likeness (QED) is 0.877. The Labute approximate surface area is 116 Å². The van der Waals surface area contributed by atoms with Crippen LogP contribution in [0.15, 0.2) is 42.6 Å². The molecule has 5 heteroatoms. The SMILES string of the molecule is CN(Cc1cccc(O)c1)C(=O)c1cccnc1Cl. The average molecular weight is 277 g/mol. The largest absolute Gasteiger partial charge is 0.508 e. The third kappa shape index (κ3) is 3.23. The van der Waals surface area contributed by atoms with Crippen LogP contribution in [0.1, 0.15) is 15.9 Å². The Morgan fingerprint density at radius 2 is 2.16 bits per heavy atom. The summed E-state index contributed by atoms with van der Waals surface area (Å²) in [7, 11) is 1.68. The lowest BCUT2D eigenvalue weighted by Crippen LogP contribution is -2.26. The second-order valence-electron chi connectivity index (χ2n) is 4.17. The van der Waals surface area contributed by atoms with E-state index in [9.17, 15) is 9.90 Å². The van der Waals surface area contributed by atoms with Crippen molar-refractivity contribution in [3.8, 4) is 5.75 Å². The fraction of sp³-hybridized carbons (Fsp3) is 0.143. The van der Waals surface area contributed by atoms with Crippen molar-refractivity contribution in [1.29, 1.82) is 0 Å². The van der Waals surface area contributed by atoms with Crippen LogP contribution in [0.5, 0.6) is 5.75 Å². The monoisotopic (exact) mass is 276 g/mol. The molecule has 0 aliphatic heterocycles. The number of pyridine rings is 1. The summed E-state index contributed by atoms with van der Waals surface area (Å²) in [5.74, 6) is -0.0285. The van der Waals surface area contributed by atoms with Gasteiger partial charge >= 0.3 is 0 Å². The minimum atomic E-state index is -0.207. The highest BCUT2D eigenvalue weighted by molar-refractivity contribution is 6.32. The number of aromatic nitrogens is 1. The summed E-state index contributed by atoms with van der Waals surface area (Å²) in [5, 5.41) is 9.58. The van der Waals surface area contributed by atoms with Crippen molar-refractivity contribution >= 4 is 17.5 Å². The highest BCUT2D eigenvalue weighted by Gasteiger charge is 2.15. The minimum Gasteiger partial charge on any atom is -0.508 e. The topological polar surface area (TPSA) is 53.4 Å². The first kappa shape index (κ1) is 13.4. The van der Waals surface area contributed by atoms with Crippen molar-refractivity contribution in [3.63, 3.8) is 0 Å². The normalized spacial score (nSPS) is 10.2. The first-order chi connectivity index (χ1) is 9.08. The first-order valence-electron chi connectivity index (χ1n) is 5.72. The van der Waals surface area contributed by atoms with E-state index in [-0.39, 0.29) is 16.8 Å². The van der Waals surface area contributed by atoms with Gasteiger partial charge in [0.1, 0.15) is 10.9 Å². The summed E-state index contributed by atoms with van der Waals surface area (Å²) in [5.41, 5.74) is 1.21. The summed E-state index contributed by atoms with van der Waals surface area (Å²) in [4.78, 5) is 17.6. The number of phenols is 1. The molecule has 1 aromatic heterocycles. The lowest BCUT2D eigenvalue weighted by Gasteiger charge is -2.17. The number of phenolic OH excluding ortho intramolecular Hbond substituents is 1. The Kier molecular flexibility index (Phi) is 4.02. The number of benzene rings is 1. The van der Waals surface area contributed by atoms with Gasteiger partial charge in [-0.3, -0.25) is 4.79 Å². The molecule has 2 aromatic rings. The lowest BCUT2D eigenvalue weighted by atomic mass is 10.2. The molecule has 0 saturated heterocycles. The molecule has 1 heterocycles. The molecule has 0 spiro atoms. The van der Waals surface area contributed by atoms with Crippen molar-refractivity contribution in [1.82, 2.24) is 9.88 Å². The number of hydrogen-bond acceptors (Lipinski definition) is 3. The summed E-state index contributed by atoms with van der Waals surface area (Å²) in [6, 6.07) is 10.1. The molecule has 1 N–H and O–H groups in total. The van der Waals surface area contributed by atoms with E-state index in [0.717, 1.165) is 5.56 Å². The average Bonchev–Trinajstić information content (AvgIpc) is 2.38.